The van der Waals surface area contributed by atoms with Gasteiger partial charge in [0, 0.05) is 25.2 Å². The van der Waals surface area contributed by atoms with Crippen LogP contribution in [0, 0.1) is 0 Å². The van der Waals surface area contributed by atoms with Crippen LogP contribution in [0.25, 0.3) is 0 Å². The molecule has 1 fully saturated rings. The first-order valence-electron chi connectivity index (χ1n) is 7.91. The monoisotopic (exact) mass is 288 g/mol. The highest BCUT2D eigenvalue weighted by atomic mass is 16.1. The Balaban J connectivity index is 1.59. The highest BCUT2D eigenvalue weighted by Crippen LogP contribution is 2.30. The van der Waals surface area contributed by atoms with Gasteiger partial charge >= 0.3 is 0 Å². The van der Waals surface area contributed by atoms with Gasteiger partial charge in [0.25, 0.3) is 0 Å². The molecule has 4 N–H and O–H groups in total. The number of aryl methyl sites for hydroxylation is 1. The smallest absolute Gasteiger partial charge is 0.224 e. The van der Waals surface area contributed by atoms with Gasteiger partial charge in [-0.25, -0.2) is 0 Å². The predicted molar refractivity (Wildman–Crippen MR) is 86.6 cm³/mol. The Morgan fingerprint density at radius 2 is 2.00 bits per heavy atom. The maximum atomic E-state index is 11.5. The molecule has 114 valence electrons. The van der Waals surface area contributed by atoms with Crippen molar-refractivity contribution in [3.05, 3.63) is 17.7 Å². The van der Waals surface area contributed by atoms with E-state index in [0.717, 1.165) is 42.1 Å². The van der Waals surface area contributed by atoms with Crippen LogP contribution in [0.15, 0.2) is 12.1 Å². The van der Waals surface area contributed by atoms with E-state index in [2.05, 4.69) is 15.5 Å². The van der Waals surface area contributed by atoms with Gasteiger partial charge in [-0.05, 0) is 50.0 Å². The highest BCUT2D eigenvalue weighted by Gasteiger charge is 2.16. The third-order valence-electron chi connectivity index (χ3n) is 4.36. The van der Waals surface area contributed by atoms with E-state index in [9.17, 15) is 4.79 Å². The summed E-state index contributed by atoms with van der Waals surface area (Å²) in [6, 6.07) is 3.95. The Hall–Kier alpha value is -1.75. The lowest BCUT2D eigenvalue weighted by Crippen LogP contribution is -2.33. The van der Waals surface area contributed by atoms with Crippen LogP contribution in [0.5, 0.6) is 0 Å². The minimum absolute atomic E-state index is 0.0894. The summed E-state index contributed by atoms with van der Waals surface area (Å²) < 4.78 is 0. The number of amides is 1. The lowest BCUT2D eigenvalue weighted by molar-refractivity contribution is -0.116. The first kappa shape index (κ1) is 14.2. The highest BCUT2D eigenvalue weighted by molar-refractivity contribution is 5.95. The number of nitrogens with one attached hydrogen (secondary N) is 2. The molecule has 0 aliphatic carbocycles. The Bertz CT molecular complexity index is 523. The molecule has 2 heterocycles. The van der Waals surface area contributed by atoms with Crippen LogP contribution in [0.3, 0.4) is 0 Å². The third-order valence-corrected chi connectivity index (χ3v) is 4.36. The van der Waals surface area contributed by atoms with Gasteiger partial charge in [-0.15, -0.1) is 0 Å². The van der Waals surface area contributed by atoms with E-state index in [1.54, 1.807) is 0 Å². The van der Waals surface area contributed by atoms with Crippen molar-refractivity contribution in [1.82, 2.24) is 4.90 Å². The summed E-state index contributed by atoms with van der Waals surface area (Å²) in [7, 11) is 0. The van der Waals surface area contributed by atoms with Gasteiger partial charge in [-0.3, -0.25) is 4.79 Å². The van der Waals surface area contributed by atoms with Gasteiger partial charge in [0.1, 0.15) is 0 Å². The zero-order valence-corrected chi connectivity index (χ0v) is 12.5. The molecule has 5 nitrogen and oxygen atoms in total. The molecule has 0 bridgehead atoms. The number of hydrogen-bond acceptors (Lipinski definition) is 4. The lowest BCUT2D eigenvalue weighted by atomic mass is 10.0. The molecule has 2 aliphatic rings. The first-order chi connectivity index (χ1) is 10.2. The number of nitrogen functional groups attached to an aromatic ring is 1. The molecule has 1 amide bonds. The zero-order chi connectivity index (χ0) is 14.7. The second-order valence-electron chi connectivity index (χ2n) is 5.97. The van der Waals surface area contributed by atoms with Crippen LogP contribution >= 0.6 is 0 Å². The number of piperidine rings is 1. The largest absolute Gasteiger partial charge is 0.397 e. The van der Waals surface area contributed by atoms with Crippen LogP contribution in [0.1, 0.15) is 31.2 Å². The summed E-state index contributed by atoms with van der Waals surface area (Å²) in [5.74, 6) is 0.0894. The molecule has 0 aromatic heterocycles. The second kappa shape index (κ2) is 6.35. The summed E-state index contributed by atoms with van der Waals surface area (Å²) in [6.07, 6.45) is 5.31. The molecule has 1 aromatic rings. The van der Waals surface area contributed by atoms with Crippen molar-refractivity contribution in [2.24, 2.45) is 0 Å². The van der Waals surface area contributed by atoms with Crippen molar-refractivity contribution in [1.29, 1.82) is 0 Å². The molecular weight excluding hydrogens is 264 g/mol. The van der Waals surface area contributed by atoms with Crippen molar-refractivity contribution in [3.63, 3.8) is 0 Å². The van der Waals surface area contributed by atoms with Crippen molar-refractivity contribution in [2.45, 2.75) is 32.1 Å². The number of nitrogens with zero attached hydrogens (tertiary/aromatic N) is 1. The van der Waals surface area contributed by atoms with Crippen LogP contribution in [0.2, 0.25) is 0 Å². The molecule has 0 radical (unpaired) electrons. The summed E-state index contributed by atoms with van der Waals surface area (Å²) in [6.45, 7) is 4.34. The topological polar surface area (TPSA) is 70.4 Å². The Labute approximate surface area is 125 Å². The van der Waals surface area contributed by atoms with Crippen LogP contribution in [-0.4, -0.2) is 37.0 Å². The van der Waals surface area contributed by atoms with Gasteiger partial charge in [0.15, 0.2) is 0 Å². The van der Waals surface area contributed by atoms with Crippen molar-refractivity contribution in [3.8, 4) is 0 Å². The maximum absolute atomic E-state index is 11.5. The average Bonchev–Trinajstić information content (AvgIpc) is 2.49. The summed E-state index contributed by atoms with van der Waals surface area (Å²) in [4.78, 5) is 14.0. The van der Waals surface area contributed by atoms with Gasteiger partial charge in [0.05, 0.1) is 11.4 Å². The fourth-order valence-corrected chi connectivity index (χ4v) is 3.13. The van der Waals surface area contributed by atoms with E-state index in [4.69, 9.17) is 5.73 Å². The number of nitrogens with two attached hydrogens (primary N) is 1. The van der Waals surface area contributed by atoms with E-state index in [-0.39, 0.29) is 5.91 Å². The average molecular weight is 288 g/mol. The molecule has 2 aliphatic heterocycles. The molecule has 1 saturated heterocycles. The summed E-state index contributed by atoms with van der Waals surface area (Å²) in [5.41, 5.74) is 9.84. The molecule has 1 aromatic carbocycles. The molecule has 0 saturated carbocycles. The number of fused-ring (bicyclic) bond motifs is 1. The Morgan fingerprint density at radius 3 is 2.81 bits per heavy atom. The number of carbonyl (C=O) groups is 1. The number of carbonyl (C=O) groups excluding carboxylic acids is 1. The lowest BCUT2D eigenvalue weighted by Gasteiger charge is -2.27. The molecule has 0 spiro atoms. The van der Waals surface area contributed by atoms with E-state index >= 15 is 0 Å². The molecular formula is C16H24N4O. The molecule has 0 atom stereocenters. The maximum Gasteiger partial charge on any atom is 0.224 e. The Kier molecular flexibility index (Phi) is 4.29. The minimum Gasteiger partial charge on any atom is -0.397 e. The number of benzene rings is 1. The molecule has 3 rings (SSSR count). The van der Waals surface area contributed by atoms with E-state index in [1.165, 1.54) is 32.4 Å². The third kappa shape index (κ3) is 3.47. The van der Waals surface area contributed by atoms with Crippen LogP contribution in [0.4, 0.5) is 17.1 Å². The fourth-order valence-electron chi connectivity index (χ4n) is 3.13. The van der Waals surface area contributed by atoms with E-state index in [1.807, 2.05) is 12.1 Å². The van der Waals surface area contributed by atoms with Crippen LogP contribution < -0.4 is 16.4 Å². The molecule has 21 heavy (non-hydrogen) atoms. The van der Waals surface area contributed by atoms with Gasteiger partial charge < -0.3 is 21.3 Å². The zero-order valence-electron chi connectivity index (χ0n) is 12.5. The number of anilines is 3. The minimum atomic E-state index is 0.0894. The molecule has 0 unspecified atom stereocenters. The van der Waals surface area contributed by atoms with Crippen molar-refractivity contribution < 1.29 is 4.79 Å². The second-order valence-corrected chi connectivity index (χ2v) is 5.97. The number of hydrogen-bond donors (Lipinski definition) is 3. The quantitative estimate of drug-likeness (QED) is 0.742. The van der Waals surface area contributed by atoms with Crippen molar-refractivity contribution >= 4 is 23.0 Å². The standard InChI is InChI=1S/C16H24N4O/c17-13-10-12-4-5-16(21)19-14(12)11-15(13)18-6-9-20-7-2-1-3-8-20/h10-11,18H,1-9,17H2,(H,19,21). The summed E-state index contributed by atoms with van der Waals surface area (Å²) in [5, 5.41) is 6.33. The van der Waals surface area contributed by atoms with E-state index in [0.29, 0.717) is 6.42 Å². The van der Waals surface area contributed by atoms with E-state index < -0.39 is 0 Å². The van der Waals surface area contributed by atoms with Gasteiger partial charge in [0.2, 0.25) is 5.91 Å². The number of rotatable bonds is 4. The first-order valence-corrected chi connectivity index (χ1v) is 7.91. The SMILES string of the molecule is Nc1cc2c(cc1NCCN1CCCCC1)NC(=O)CC2. The normalized spacial score (nSPS) is 19.0. The molecule has 5 heteroatoms. The summed E-state index contributed by atoms with van der Waals surface area (Å²) >= 11 is 0. The fraction of sp³-hybridized carbons (Fsp3) is 0.562. The Morgan fingerprint density at radius 1 is 1.19 bits per heavy atom. The van der Waals surface area contributed by atoms with Crippen molar-refractivity contribution in [2.75, 3.05) is 42.5 Å². The van der Waals surface area contributed by atoms with Crippen LogP contribution in [-0.2, 0) is 11.2 Å². The van der Waals surface area contributed by atoms with Gasteiger partial charge in [-0.2, -0.15) is 0 Å². The number of likely N-dealkylation sites (tertiary alicyclic amines) is 1. The van der Waals surface area contributed by atoms with Gasteiger partial charge in [-0.1, -0.05) is 6.42 Å². The predicted octanol–water partition coefficient (Wildman–Crippen LogP) is 2.05.